The minimum Gasteiger partial charge on any atom is -0.352 e. The summed E-state index contributed by atoms with van der Waals surface area (Å²) in [5, 5.41) is 6.68. The van der Waals surface area contributed by atoms with Crippen LogP contribution < -0.4 is 10.6 Å². The fraction of sp³-hybridized carbons (Fsp3) is 0.938. The highest BCUT2D eigenvalue weighted by Gasteiger charge is 2.28. The highest BCUT2D eigenvalue weighted by Crippen LogP contribution is 2.30. The Morgan fingerprint density at radius 2 is 1.68 bits per heavy atom. The Morgan fingerprint density at radius 1 is 1.05 bits per heavy atom. The number of hydrogen-bond acceptors (Lipinski definition) is 2. The van der Waals surface area contributed by atoms with Gasteiger partial charge in [-0.1, -0.05) is 39.5 Å². The van der Waals surface area contributed by atoms with E-state index in [1.54, 1.807) is 0 Å². The molecule has 0 saturated heterocycles. The first-order chi connectivity index (χ1) is 9.16. The van der Waals surface area contributed by atoms with E-state index in [1.807, 2.05) is 0 Å². The zero-order valence-corrected chi connectivity index (χ0v) is 12.6. The summed E-state index contributed by atoms with van der Waals surface area (Å²) in [4.78, 5) is 12.1. The second-order valence-corrected chi connectivity index (χ2v) is 6.73. The maximum Gasteiger partial charge on any atom is 0.234 e. The van der Waals surface area contributed by atoms with Gasteiger partial charge in [0.1, 0.15) is 0 Å². The second kappa shape index (κ2) is 7.28. The summed E-state index contributed by atoms with van der Waals surface area (Å²) in [6.07, 6.45) is 10.2. The minimum absolute atomic E-state index is 0.199. The van der Waals surface area contributed by atoms with Gasteiger partial charge in [0.15, 0.2) is 0 Å². The van der Waals surface area contributed by atoms with Gasteiger partial charge in [0.2, 0.25) is 5.91 Å². The fourth-order valence-corrected chi connectivity index (χ4v) is 3.76. The van der Waals surface area contributed by atoms with Crippen molar-refractivity contribution in [3.63, 3.8) is 0 Å². The molecule has 110 valence electrons. The molecule has 0 heterocycles. The number of hydrogen-bond donors (Lipinski definition) is 2. The van der Waals surface area contributed by atoms with Crippen molar-refractivity contribution in [2.75, 3.05) is 6.54 Å². The van der Waals surface area contributed by atoms with Gasteiger partial charge < -0.3 is 10.6 Å². The van der Waals surface area contributed by atoms with Gasteiger partial charge in [0, 0.05) is 12.1 Å². The summed E-state index contributed by atoms with van der Waals surface area (Å²) in [5.41, 5.74) is 0. The van der Waals surface area contributed by atoms with E-state index in [2.05, 4.69) is 24.5 Å². The molecule has 2 N–H and O–H groups in total. The first-order valence-corrected chi connectivity index (χ1v) is 8.19. The molecule has 0 aliphatic heterocycles. The SMILES string of the molecule is CC(C)C1CCCCC1NC(=O)CNC1CCCC1. The quantitative estimate of drug-likeness (QED) is 0.803. The molecule has 2 saturated carbocycles. The van der Waals surface area contributed by atoms with Crippen LogP contribution in [0, 0.1) is 11.8 Å². The summed E-state index contributed by atoms with van der Waals surface area (Å²) < 4.78 is 0. The number of nitrogens with one attached hydrogen (secondary N) is 2. The molecule has 3 nitrogen and oxygen atoms in total. The van der Waals surface area contributed by atoms with Gasteiger partial charge in [-0.15, -0.1) is 0 Å². The largest absolute Gasteiger partial charge is 0.352 e. The molecule has 2 rings (SSSR count). The molecule has 2 fully saturated rings. The van der Waals surface area contributed by atoms with Gasteiger partial charge >= 0.3 is 0 Å². The van der Waals surface area contributed by atoms with E-state index in [4.69, 9.17) is 0 Å². The topological polar surface area (TPSA) is 41.1 Å². The van der Waals surface area contributed by atoms with Crippen LogP contribution in [0.25, 0.3) is 0 Å². The minimum atomic E-state index is 0.199. The Morgan fingerprint density at radius 3 is 2.37 bits per heavy atom. The standard InChI is InChI=1S/C16H30N2O/c1-12(2)14-9-5-6-10-15(14)18-16(19)11-17-13-7-3-4-8-13/h12-15,17H,3-11H2,1-2H3,(H,18,19). The van der Waals surface area contributed by atoms with Crippen molar-refractivity contribution in [3.8, 4) is 0 Å². The third-order valence-electron chi connectivity index (χ3n) is 4.93. The van der Waals surface area contributed by atoms with Gasteiger partial charge in [-0.25, -0.2) is 0 Å². The second-order valence-electron chi connectivity index (χ2n) is 6.73. The number of carbonyl (C=O) groups excluding carboxylic acids is 1. The van der Waals surface area contributed by atoms with Gasteiger partial charge in [0.05, 0.1) is 6.54 Å². The molecule has 2 aliphatic rings. The molecule has 0 aromatic carbocycles. The average molecular weight is 266 g/mol. The van der Waals surface area contributed by atoms with Crippen LogP contribution in [-0.4, -0.2) is 24.5 Å². The Bertz CT molecular complexity index is 284. The molecular formula is C16H30N2O. The van der Waals surface area contributed by atoms with E-state index in [0.29, 0.717) is 30.5 Å². The Balaban J connectivity index is 1.73. The van der Waals surface area contributed by atoms with Crippen LogP contribution in [0.3, 0.4) is 0 Å². The monoisotopic (exact) mass is 266 g/mol. The molecule has 2 atom stereocenters. The molecule has 19 heavy (non-hydrogen) atoms. The third-order valence-corrected chi connectivity index (χ3v) is 4.93. The molecule has 2 aliphatic carbocycles. The molecular weight excluding hydrogens is 236 g/mol. The van der Waals surface area contributed by atoms with Gasteiger partial charge in [-0.05, 0) is 37.5 Å². The zero-order valence-electron chi connectivity index (χ0n) is 12.6. The number of carbonyl (C=O) groups is 1. The predicted octanol–water partition coefficient (Wildman–Crippen LogP) is 2.85. The lowest BCUT2D eigenvalue weighted by Gasteiger charge is -2.35. The third kappa shape index (κ3) is 4.48. The molecule has 2 unspecified atom stereocenters. The zero-order chi connectivity index (χ0) is 13.7. The summed E-state index contributed by atoms with van der Waals surface area (Å²) >= 11 is 0. The fourth-order valence-electron chi connectivity index (χ4n) is 3.76. The Hall–Kier alpha value is -0.570. The normalized spacial score (nSPS) is 28.8. The van der Waals surface area contributed by atoms with Gasteiger partial charge in [-0.2, -0.15) is 0 Å². The molecule has 0 aromatic heterocycles. The summed E-state index contributed by atoms with van der Waals surface area (Å²) in [5.74, 6) is 1.54. The lowest BCUT2D eigenvalue weighted by molar-refractivity contribution is -0.121. The summed E-state index contributed by atoms with van der Waals surface area (Å²) in [7, 11) is 0. The smallest absolute Gasteiger partial charge is 0.234 e. The van der Waals surface area contributed by atoms with Crippen molar-refractivity contribution in [1.82, 2.24) is 10.6 Å². The van der Waals surface area contributed by atoms with Crippen molar-refractivity contribution >= 4 is 5.91 Å². The van der Waals surface area contributed by atoms with Crippen LogP contribution in [0.5, 0.6) is 0 Å². The van der Waals surface area contributed by atoms with E-state index in [-0.39, 0.29) is 5.91 Å². The molecule has 3 heteroatoms. The highest BCUT2D eigenvalue weighted by molar-refractivity contribution is 5.78. The van der Waals surface area contributed by atoms with Crippen molar-refractivity contribution in [2.24, 2.45) is 11.8 Å². The lowest BCUT2D eigenvalue weighted by atomic mass is 9.78. The van der Waals surface area contributed by atoms with E-state index in [0.717, 1.165) is 6.42 Å². The van der Waals surface area contributed by atoms with E-state index in [9.17, 15) is 4.79 Å². The first-order valence-electron chi connectivity index (χ1n) is 8.19. The van der Waals surface area contributed by atoms with Crippen LogP contribution in [0.1, 0.15) is 65.2 Å². The van der Waals surface area contributed by atoms with Crippen molar-refractivity contribution in [2.45, 2.75) is 77.3 Å². The van der Waals surface area contributed by atoms with Crippen LogP contribution >= 0.6 is 0 Å². The van der Waals surface area contributed by atoms with Crippen LogP contribution in [0.15, 0.2) is 0 Å². The maximum atomic E-state index is 12.1. The lowest BCUT2D eigenvalue weighted by Crippen LogP contribution is -2.47. The van der Waals surface area contributed by atoms with Crippen molar-refractivity contribution < 1.29 is 4.79 Å². The Kier molecular flexibility index (Phi) is 5.68. The van der Waals surface area contributed by atoms with Crippen molar-refractivity contribution in [3.05, 3.63) is 0 Å². The van der Waals surface area contributed by atoms with Crippen LogP contribution in [0.2, 0.25) is 0 Å². The average Bonchev–Trinajstić information content (AvgIpc) is 2.90. The van der Waals surface area contributed by atoms with Gasteiger partial charge in [0.25, 0.3) is 0 Å². The molecule has 0 spiro atoms. The van der Waals surface area contributed by atoms with E-state index in [1.165, 1.54) is 44.9 Å². The molecule has 0 radical (unpaired) electrons. The number of amides is 1. The van der Waals surface area contributed by atoms with Crippen LogP contribution in [0.4, 0.5) is 0 Å². The summed E-state index contributed by atoms with van der Waals surface area (Å²) in [6, 6.07) is 0.990. The highest BCUT2D eigenvalue weighted by atomic mass is 16.2. The summed E-state index contributed by atoms with van der Waals surface area (Å²) in [6.45, 7) is 5.07. The van der Waals surface area contributed by atoms with Crippen LogP contribution in [-0.2, 0) is 4.79 Å². The molecule has 1 amide bonds. The molecule has 0 aromatic rings. The first kappa shape index (κ1) is 14.8. The Labute approximate surface area is 117 Å². The molecule has 0 bridgehead atoms. The maximum absolute atomic E-state index is 12.1. The number of rotatable bonds is 5. The van der Waals surface area contributed by atoms with E-state index < -0.39 is 0 Å². The van der Waals surface area contributed by atoms with E-state index >= 15 is 0 Å². The van der Waals surface area contributed by atoms with Gasteiger partial charge in [-0.3, -0.25) is 4.79 Å². The van der Waals surface area contributed by atoms with Crippen molar-refractivity contribution in [1.29, 1.82) is 0 Å². The predicted molar refractivity (Wildman–Crippen MR) is 79.0 cm³/mol.